The molecule has 2 aromatic carbocycles. The standard InChI is InChI=1S/C26H26N6O3S/c1-31-11-13-32(14-12-31)20-9-7-18(8-10-20)28-24-22(23(27)33)36-26(30-24)17-4-2-5-19(16-17)29-25(34)21-6-3-15-35-21/h2-10,15-16,28H,11-14H2,1H3,(H2,27,33)(H,29,34). The van der Waals surface area contributed by atoms with Crippen LogP contribution >= 0.6 is 11.3 Å². The number of piperazine rings is 1. The largest absolute Gasteiger partial charge is 0.459 e. The van der Waals surface area contributed by atoms with Gasteiger partial charge < -0.3 is 30.6 Å². The van der Waals surface area contributed by atoms with Gasteiger partial charge in [0.15, 0.2) is 11.6 Å². The lowest BCUT2D eigenvalue weighted by molar-refractivity contribution is 0.0992. The second-order valence-corrected chi connectivity index (χ2v) is 9.53. The monoisotopic (exact) mass is 502 g/mol. The Morgan fingerprint density at radius 2 is 1.78 bits per heavy atom. The van der Waals surface area contributed by atoms with Gasteiger partial charge in [-0.15, -0.1) is 11.3 Å². The summed E-state index contributed by atoms with van der Waals surface area (Å²) in [6.45, 7) is 4.06. The molecule has 1 saturated heterocycles. The SMILES string of the molecule is CN1CCN(c2ccc(Nc3nc(-c4cccc(NC(=O)c5ccco5)c4)sc3C(N)=O)cc2)CC1. The van der Waals surface area contributed by atoms with Crippen molar-refractivity contribution in [2.75, 3.05) is 48.8 Å². The van der Waals surface area contributed by atoms with E-state index in [-0.39, 0.29) is 11.7 Å². The summed E-state index contributed by atoms with van der Waals surface area (Å²) < 4.78 is 5.14. The van der Waals surface area contributed by atoms with Crippen LogP contribution in [0.5, 0.6) is 0 Å². The summed E-state index contributed by atoms with van der Waals surface area (Å²) in [4.78, 5) is 34.1. The summed E-state index contributed by atoms with van der Waals surface area (Å²) in [7, 11) is 2.13. The number of furan rings is 1. The lowest BCUT2D eigenvalue weighted by Crippen LogP contribution is -2.44. The predicted molar refractivity (Wildman–Crippen MR) is 142 cm³/mol. The highest BCUT2D eigenvalue weighted by Crippen LogP contribution is 2.34. The smallest absolute Gasteiger partial charge is 0.291 e. The number of likely N-dealkylation sites (N-methyl/N-ethyl adjacent to an activating group) is 1. The number of carbonyl (C=O) groups is 2. The van der Waals surface area contributed by atoms with Gasteiger partial charge in [-0.1, -0.05) is 12.1 Å². The molecule has 5 rings (SSSR count). The Labute approximate surface area is 212 Å². The van der Waals surface area contributed by atoms with Crippen molar-refractivity contribution in [3.05, 3.63) is 77.6 Å². The molecule has 2 aromatic heterocycles. The fourth-order valence-electron chi connectivity index (χ4n) is 3.98. The molecule has 0 spiro atoms. The molecule has 184 valence electrons. The van der Waals surface area contributed by atoms with E-state index in [9.17, 15) is 9.59 Å². The van der Waals surface area contributed by atoms with Crippen LogP contribution in [0.2, 0.25) is 0 Å². The van der Waals surface area contributed by atoms with Crippen LogP contribution in [0, 0.1) is 0 Å². The molecule has 36 heavy (non-hydrogen) atoms. The second kappa shape index (κ2) is 10.2. The lowest BCUT2D eigenvalue weighted by Gasteiger charge is -2.34. The number of benzene rings is 2. The topological polar surface area (TPSA) is 117 Å². The Kier molecular flexibility index (Phi) is 6.70. The number of anilines is 4. The highest BCUT2D eigenvalue weighted by Gasteiger charge is 2.19. The van der Waals surface area contributed by atoms with Crippen molar-refractivity contribution < 1.29 is 14.0 Å². The summed E-state index contributed by atoms with van der Waals surface area (Å²) in [6.07, 6.45) is 1.45. The molecule has 0 saturated carbocycles. The predicted octanol–water partition coefficient (Wildman–Crippen LogP) is 4.25. The van der Waals surface area contributed by atoms with Crippen molar-refractivity contribution in [1.82, 2.24) is 9.88 Å². The third-order valence-electron chi connectivity index (χ3n) is 5.96. The maximum atomic E-state index is 12.3. The van der Waals surface area contributed by atoms with E-state index in [0.29, 0.717) is 21.4 Å². The van der Waals surface area contributed by atoms with E-state index in [0.717, 1.165) is 43.1 Å². The first kappa shape index (κ1) is 23.6. The van der Waals surface area contributed by atoms with Crippen LogP contribution in [0.1, 0.15) is 20.2 Å². The van der Waals surface area contributed by atoms with E-state index in [2.05, 4.69) is 44.6 Å². The van der Waals surface area contributed by atoms with E-state index >= 15 is 0 Å². The van der Waals surface area contributed by atoms with E-state index in [1.165, 1.54) is 17.6 Å². The summed E-state index contributed by atoms with van der Waals surface area (Å²) in [5.41, 5.74) is 8.96. The van der Waals surface area contributed by atoms with Gasteiger partial charge >= 0.3 is 0 Å². The van der Waals surface area contributed by atoms with Crippen molar-refractivity contribution in [2.24, 2.45) is 5.73 Å². The molecule has 10 heteroatoms. The molecule has 4 aromatic rings. The third kappa shape index (κ3) is 5.24. The fourth-order valence-corrected chi connectivity index (χ4v) is 4.85. The summed E-state index contributed by atoms with van der Waals surface area (Å²) in [5.74, 6) is -0.287. The Balaban J connectivity index is 1.33. The number of amides is 2. The Hall–Kier alpha value is -4.15. The number of nitrogens with one attached hydrogen (secondary N) is 2. The minimum atomic E-state index is -0.558. The van der Waals surface area contributed by atoms with Gasteiger partial charge in [0.2, 0.25) is 0 Å². The van der Waals surface area contributed by atoms with Crippen LogP contribution in [-0.4, -0.2) is 54.9 Å². The number of aromatic nitrogens is 1. The molecule has 0 bridgehead atoms. The van der Waals surface area contributed by atoms with E-state index in [4.69, 9.17) is 10.2 Å². The summed E-state index contributed by atoms with van der Waals surface area (Å²) in [5, 5.41) is 6.65. The van der Waals surface area contributed by atoms with E-state index < -0.39 is 5.91 Å². The molecular formula is C26H26N6O3S. The quantitative estimate of drug-likeness (QED) is 0.346. The van der Waals surface area contributed by atoms with Crippen molar-refractivity contribution in [3.8, 4) is 10.6 Å². The van der Waals surface area contributed by atoms with Crippen LogP contribution in [0.15, 0.2) is 71.3 Å². The molecule has 0 atom stereocenters. The summed E-state index contributed by atoms with van der Waals surface area (Å²) in [6, 6.07) is 18.6. The van der Waals surface area contributed by atoms with Gasteiger partial charge in [0, 0.05) is 48.8 Å². The number of rotatable bonds is 7. The second-order valence-electron chi connectivity index (χ2n) is 8.54. The minimum Gasteiger partial charge on any atom is -0.459 e. The average molecular weight is 503 g/mol. The van der Waals surface area contributed by atoms with Crippen LogP contribution in [0.25, 0.3) is 10.6 Å². The average Bonchev–Trinajstić information content (AvgIpc) is 3.56. The zero-order valence-electron chi connectivity index (χ0n) is 19.7. The van der Waals surface area contributed by atoms with Crippen molar-refractivity contribution in [1.29, 1.82) is 0 Å². The molecule has 1 aliphatic heterocycles. The van der Waals surface area contributed by atoms with E-state index in [1.54, 1.807) is 24.3 Å². The first-order valence-electron chi connectivity index (χ1n) is 11.5. The Morgan fingerprint density at radius 1 is 1.00 bits per heavy atom. The molecule has 1 aliphatic rings. The van der Waals surface area contributed by atoms with Gasteiger partial charge in [0.1, 0.15) is 9.88 Å². The van der Waals surface area contributed by atoms with Crippen molar-refractivity contribution >= 4 is 46.0 Å². The van der Waals surface area contributed by atoms with Crippen LogP contribution in [-0.2, 0) is 0 Å². The number of nitrogens with two attached hydrogens (primary N) is 1. The maximum absolute atomic E-state index is 12.3. The van der Waals surface area contributed by atoms with Crippen LogP contribution in [0.4, 0.5) is 22.9 Å². The molecular weight excluding hydrogens is 476 g/mol. The molecule has 0 unspecified atom stereocenters. The van der Waals surface area contributed by atoms with Gasteiger partial charge in [-0.25, -0.2) is 4.98 Å². The van der Waals surface area contributed by atoms with Gasteiger partial charge in [-0.05, 0) is 55.6 Å². The molecule has 9 nitrogen and oxygen atoms in total. The highest BCUT2D eigenvalue weighted by molar-refractivity contribution is 7.17. The number of primary amides is 1. The van der Waals surface area contributed by atoms with Gasteiger partial charge in [0.25, 0.3) is 11.8 Å². The zero-order valence-corrected chi connectivity index (χ0v) is 20.5. The Bertz CT molecular complexity index is 1360. The minimum absolute atomic E-state index is 0.218. The first-order chi connectivity index (χ1) is 17.5. The number of hydrogen-bond donors (Lipinski definition) is 3. The third-order valence-corrected chi connectivity index (χ3v) is 7.08. The van der Waals surface area contributed by atoms with Crippen LogP contribution in [0.3, 0.4) is 0 Å². The number of carbonyl (C=O) groups excluding carboxylic acids is 2. The molecule has 1 fully saturated rings. The van der Waals surface area contributed by atoms with Crippen molar-refractivity contribution in [2.45, 2.75) is 0 Å². The number of hydrogen-bond acceptors (Lipinski definition) is 8. The lowest BCUT2D eigenvalue weighted by atomic mass is 10.2. The van der Waals surface area contributed by atoms with E-state index in [1.807, 2.05) is 24.3 Å². The van der Waals surface area contributed by atoms with Crippen molar-refractivity contribution in [3.63, 3.8) is 0 Å². The highest BCUT2D eigenvalue weighted by atomic mass is 32.1. The number of thiazole rings is 1. The molecule has 0 aliphatic carbocycles. The van der Waals surface area contributed by atoms with Gasteiger partial charge in [-0.3, -0.25) is 9.59 Å². The molecule has 0 radical (unpaired) electrons. The number of nitrogens with zero attached hydrogens (tertiary/aromatic N) is 3. The van der Waals surface area contributed by atoms with Crippen LogP contribution < -0.4 is 21.3 Å². The zero-order chi connectivity index (χ0) is 25.1. The normalized spacial score (nSPS) is 14.0. The Morgan fingerprint density at radius 3 is 2.47 bits per heavy atom. The molecule has 4 N–H and O–H groups in total. The molecule has 3 heterocycles. The fraction of sp³-hybridized carbons (Fsp3) is 0.192. The van der Waals surface area contributed by atoms with Gasteiger partial charge in [0.05, 0.1) is 6.26 Å². The maximum Gasteiger partial charge on any atom is 0.291 e. The summed E-state index contributed by atoms with van der Waals surface area (Å²) >= 11 is 1.20. The van der Waals surface area contributed by atoms with Gasteiger partial charge in [-0.2, -0.15) is 0 Å². The first-order valence-corrected chi connectivity index (χ1v) is 12.3. The molecule has 2 amide bonds.